The molecule has 0 radical (unpaired) electrons. The molecule has 3 rings (SSSR count). The molecule has 30 heavy (non-hydrogen) atoms. The molecule has 0 bridgehead atoms. The summed E-state index contributed by atoms with van der Waals surface area (Å²) in [4.78, 5) is 26.1. The Morgan fingerprint density at radius 3 is 2.27 bits per heavy atom. The molecular formula is C22H21F2NO5. The van der Waals surface area contributed by atoms with Crippen LogP contribution in [0, 0.1) is 0 Å². The number of alkyl halides is 2. The zero-order valence-electron chi connectivity index (χ0n) is 16.1. The molecule has 0 aliphatic carbocycles. The summed E-state index contributed by atoms with van der Waals surface area (Å²) < 4.78 is 39.3. The molecule has 1 aliphatic rings. The van der Waals surface area contributed by atoms with E-state index in [0.717, 1.165) is 0 Å². The number of carbonyl (C=O) groups is 2. The second-order valence-corrected chi connectivity index (χ2v) is 6.45. The number of rotatable bonds is 8. The van der Waals surface area contributed by atoms with Gasteiger partial charge in [0, 0.05) is 18.7 Å². The second kappa shape index (κ2) is 10.5. The summed E-state index contributed by atoms with van der Waals surface area (Å²) in [5, 5.41) is 0. The maximum absolute atomic E-state index is 12.3. The number of benzene rings is 2. The molecule has 2 aromatic carbocycles. The van der Waals surface area contributed by atoms with Crippen molar-refractivity contribution in [2.45, 2.75) is 6.61 Å². The Kier molecular flexibility index (Phi) is 7.51. The van der Waals surface area contributed by atoms with Gasteiger partial charge in [0.15, 0.2) is 12.4 Å². The Morgan fingerprint density at radius 1 is 1.00 bits per heavy atom. The number of morpholine rings is 1. The summed E-state index contributed by atoms with van der Waals surface area (Å²) >= 11 is 0. The number of amides is 1. The third-order valence-corrected chi connectivity index (χ3v) is 4.40. The fourth-order valence-corrected chi connectivity index (χ4v) is 2.79. The first-order valence-corrected chi connectivity index (χ1v) is 9.37. The van der Waals surface area contributed by atoms with E-state index in [9.17, 15) is 18.4 Å². The number of ketones is 1. The zero-order chi connectivity index (χ0) is 21.3. The molecule has 6 nitrogen and oxygen atoms in total. The van der Waals surface area contributed by atoms with Crippen LogP contribution >= 0.6 is 0 Å². The van der Waals surface area contributed by atoms with Crippen LogP contribution in [0.1, 0.15) is 15.9 Å². The molecule has 2 aromatic rings. The van der Waals surface area contributed by atoms with E-state index >= 15 is 0 Å². The van der Waals surface area contributed by atoms with E-state index in [1.165, 1.54) is 18.2 Å². The van der Waals surface area contributed by atoms with Gasteiger partial charge in [-0.3, -0.25) is 9.59 Å². The number of hydrogen-bond donors (Lipinski definition) is 0. The number of allylic oxidation sites excluding steroid dienone is 1. The summed E-state index contributed by atoms with van der Waals surface area (Å²) in [5.74, 6) is 0.216. The summed E-state index contributed by atoms with van der Waals surface area (Å²) in [6.07, 6.45) is 2.97. The van der Waals surface area contributed by atoms with Crippen LogP contribution in [0.25, 0.3) is 6.08 Å². The van der Waals surface area contributed by atoms with Crippen molar-refractivity contribution in [3.8, 4) is 11.5 Å². The molecule has 1 saturated heterocycles. The monoisotopic (exact) mass is 417 g/mol. The Balaban J connectivity index is 1.50. The van der Waals surface area contributed by atoms with E-state index in [1.807, 2.05) is 0 Å². The van der Waals surface area contributed by atoms with E-state index in [0.29, 0.717) is 43.2 Å². The number of hydrogen-bond acceptors (Lipinski definition) is 5. The van der Waals surface area contributed by atoms with Crippen LogP contribution in [0.3, 0.4) is 0 Å². The molecule has 1 amide bonds. The maximum atomic E-state index is 12.3. The Labute approximate surface area is 172 Å². The van der Waals surface area contributed by atoms with Crippen LogP contribution in [0.2, 0.25) is 0 Å². The highest BCUT2D eigenvalue weighted by Gasteiger charge is 2.17. The number of carbonyl (C=O) groups excluding carboxylic acids is 2. The molecule has 1 heterocycles. The summed E-state index contributed by atoms with van der Waals surface area (Å²) in [6.45, 7) is -0.767. The minimum absolute atomic E-state index is 0.0520. The normalized spacial score (nSPS) is 14.2. The average molecular weight is 417 g/mol. The fourth-order valence-electron chi connectivity index (χ4n) is 2.79. The van der Waals surface area contributed by atoms with E-state index in [4.69, 9.17) is 9.47 Å². The maximum Gasteiger partial charge on any atom is 0.387 e. The molecule has 0 unspecified atom stereocenters. The standard InChI is InChI=1S/C22H21F2NO5/c23-22(24)30-19-6-1-16(2-7-19)3-10-20(26)17-4-8-18(9-5-17)29-15-21(27)25-11-13-28-14-12-25/h1-10,22H,11-15H2/b10-3+. The highest BCUT2D eigenvalue weighted by Crippen LogP contribution is 2.17. The number of nitrogens with zero attached hydrogens (tertiary/aromatic N) is 1. The highest BCUT2D eigenvalue weighted by atomic mass is 19.3. The third kappa shape index (κ3) is 6.38. The SMILES string of the molecule is O=C(/C=C/c1ccc(OC(F)F)cc1)c1ccc(OCC(=O)N2CCOCC2)cc1. The van der Waals surface area contributed by atoms with Crippen molar-refractivity contribution in [3.63, 3.8) is 0 Å². The molecule has 1 fully saturated rings. The molecule has 0 N–H and O–H groups in total. The van der Waals surface area contributed by atoms with Crippen molar-refractivity contribution in [1.82, 2.24) is 4.90 Å². The third-order valence-electron chi connectivity index (χ3n) is 4.40. The molecule has 1 aliphatic heterocycles. The van der Waals surface area contributed by atoms with Gasteiger partial charge in [-0.2, -0.15) is 8.78 Å². The van der Waals surface area contributed by atoms with Gasteiger partial charge in [0.1, 0.15) is 11.5 Å². The second-order valence-electron chi connectivity index (χ2n) is 6.45. The molecule has 0 aromatic heterocycles. The smallest absolute Gasteiger partial charge is 0.387 e. The van der Waals surface area contributed by atoms with Crippen LogP contribution in [0.4, 0.5) is 8.78 Å². The van der Waals surface area contributed by atoms with Crippen molar-refractivity contribution in [2.24, 2.45) is 0 Å². The minimum Gasteiger partial charge on any atom is -0.484 e. The molecule has 8 heteroatoms. The van der Waals surface area contributed by atoms with Crippen molar-refractivity contribution in [3.05, 3.63) is 65.7 Å². The van der Waals surface area contributed by atoms with Crippen LogP contribution in [-0.4, -0.2) is 56.1 Å². The van der Waals surface area contributed by atoms with Crippen molar-refractivity contribution >= 4 is 17.8 Å². The van der Waals surface area contributed by atoms with Crippen molar-refractivity contribution < 1.29 is 32.6 Å². The molecule has 0 atom stereocenters. The van der Waals surface area contributed by atoms with Gasteiger partial charge in [0.05, 0.1) is 13.2 Å². The average Bonchev–Trinajstić information content (AvgIpc) is 2.77. The zero-order valence-corrected chi connectivity index (χ0v) is 16.1. The van der Waals surface area contributed by atoms with Gasteiger partial charge in [-0.15, -0.1) is 0 Å². The Morgan fingerprint density at radius 2 is 1.63 bits per heavy atom. The van der Waals surface area contributed by atoms with Gasteiger partial charge in [0.25, 0.3) is 5.91 Å². The first-order chi connectivity index (χ1) is 14.5. The van der Waals surface area contributed by atoms with Gasteiger partial charge in [-0.25, -0.2) is 0 Å². The number of ether oxygens (including phenoxy) is 3. The minimum atomic E-state index is -2.88. The lowest BCUT2D eigenvalue weighted by Crippen LogP contribution is -2.42. The first-order valence-electron chi connectivity index (χ1n) is 9.37. The van der Waals surface area contributed by atoms with E-state index < -0.39 is 6.61 Å². The van der Waals surface area contributed by atoms with Crippen molar-refractivity contribution in [1.29, 1.82) is 0 Å². The number of halogens is 2. The summed E-state index contributed by atoms with van der Waals surface area (Å²) in [6, 6.07) is 12.4. The predicted octanol–water partition coefficient (Wildman–Crippen LogP) is 3.42. The fraction of sp³-hybridized carbons (Fsp3) is 0.273. The topological polar surface area (TPSA) is 65.1 Å². The van der Waals surface area contributed by atoms with Gasteiger partial charge in [0.2, 0.25) is 0 Å². The highest BCUT2D eigenvalue weighted by molar-refractivity contribution is 6.06. The molecule has 0 saturated carbocycles. The lowest BCUT2D eigenvalue weighted by molar-refractivity contribution is -0.137. The largest absolute Gasteiger partial charge is 0.484 e. The van der Waals surface area contributed by atoms with Crippen molar-refractivity contribution in [2.75, 3.05) is 32.9 Å². The van der Waals surface area contributed by atoms with Gasteiger partial charge in [-0.1, -0.05) is 18.2 Å². The van der Waals surface area contributed by atoms with Gasteiger partial charge >= 0.3 is 6.61 Å². The molecule has 158 valence electrons. The van der Waals surface area contributed by atoms with E-state index in [2.05, 4.69) is 4.74 Å². The lowest BCUT2D eigenvalue weighted by atomic mass is 10.1. The summed E-state index contributed by atoms with van der Waals surface area (Å²) in [5.41, 5.74) is 1.13. The van der Waals surface area contributed by atoms with Gasteiger partial charge < -0.3 is 19.1 Å². The van der Waals surface area contributed by atoms with E-state index in [-0.39, 0.29) is 24.0 Å². The Hall–Kier alpha value is -3.26. The van der Waals surface area contributed by atoms with Crippen LogP contribution < -0.4 is 9.47 Å². The Bertz CT molecular complexity index is 875. The molecular weight excluding hydrogens is 396 g/mol. The first kappa shape index (κ1) is 21.4. The van der Waals surface area contributed by atoms with Gasteiger partial charge in [-0.05, 0) is 48.0 Å². The van der Waals surface area contributed by atoms with Crippen LogP contribution in [0.5, 0.6) is 11.5 Å². The van der Waals surface area contributed by atoms with Crippen LogP contribution in [0.15, 0.2) is 54.6 Å². The molecule has 0 spiro atoms. The predicted molar refractivity (Wildman–Crippen MR) is 106 cm³/mol. The van der Waals surface area contributed by atoms with Crippen LogP contribution in [-0.2, 0) is 9.53 Å². The van der Waals surface area contributed by atoms with E-state index in [1.54, 1.807) is 47.4 Å². The summed E-state index contributed by atoms with van der Waals surface area (Å²) in [7, 11) is 0. The quantitative estimate of drug-likeness (QED) is 0.487. The lowest BCUT2D eigenvalue weighted by Gasteiger charge is -2.26.